The van der Waals surface area contributed by atoms with Crippen LogP contribution in [0.15, 0.2) is 22.7 Å². The third kappa shape index (κ3) is 3.75. The van der Waals surface area contributed by atoms with Crippen molar-refractivity contribution in [3.05, 3.63) is 33.8 Å². The first kappa shape index (κ1) is 11.7. The molecule has 0 heterocycles. The van der Waals surface area contributed by atoms with Crippen LogP contribution in [-0.4, -0.2) is 14.2 Å². The van der Waals surface area contributed by atoms with Crippen LogP contribution in [0, 0.1) is 6.92 Å². The predicted octanol–water partition coefficient (Wildman–Crippen LogP) is 2.60. The lowest BCUT2D eigenvalue weighted by Gasteiger charge is -2.02. The number of aryl methyl sites for hydroxylation is 2. The van der Waals surface area contributed by atoms with Crippen LogP contribution in [0.25, 0.3) is 0 Å². The molecule has 2 nitrogen and oxygen atoms in total. The molecular formula is C9H10BrFO2S. The van der Waals surface area contributed by atoms with Crippen molar-refractivity contribution in [2.45, 2.75) is 13.3 Å². The Labute approximate surface area is 91.5 Å². The zero-order chi connectivity index (χ0) is 10.8. The normalized spacial score (nSPS) is 11.6. The standard InChI is InChI=1S/C9H10BrFO2S/c1-7-6-8(2-3-9(7)10)4-5-14(11,12)13/h2-3,6H,4-5H2,1H3. The summed E-state index contributed by atoms with van der Waals surface area (Å²) in [5.74, 6) is -0.450. The summed E-state index contributed by atoms with van der Waals surface area (Å²) in [5.41, 5.74) is 1.84. The van der Waals surface area contributed by atoms with Crippen LogP contribution in [0.3, 0.4) is 0 Å². The van der Waals surface area contributed by atoms with Crippen molar-refractivity contribution in [1.82, 2.24) is 0 Å². The Hall–Kier alpha value is -0.420. The van der Waals surface area contributed by atoms with Gasteiger partial charge in [0, 0.05) is 4.47 Å². The van der Waals surface area contributed by atoms with Crippen molar-refractivity contribution in [2.24, 2.45) is 0 Å². The van der Waals surface area contributed by atoms with Crippen molar-refractivity contribution < 1.29 is 12.3 Å². The van der Waals surface area contributed by atoms with E-state index in [1.165, 1.54) is 0 Å². The van der Waals surface area contributed by atoms with Crippen molar-refractivity contribution in [1.29, 1.82) is 0 Å². The summed E-state index contributed by atoms with van der Waals surface area (Å²) in [5, 5.41) is 0. The molecule has 0 N–H and O–H groups in total. The molecule has 0 atom stereocenters. The van der Waals surface area contributed by atoms with Gasteiger partial charge in [-0.3, -0.25) is 0 Å². The highest BCUT2D eigenvalue weighted by Crippen LogP contribution is 2.17. The minimum atomic E-state index is -4.36. The Kier molecular flexibility index (Phi) is 3.66. The fourth-order valence-corrected chi connectivity index (χ4v) is 1.83. The molecule has 78 valence electrons. The second-order valence-corrected chi connectivity index (χ2v) is 5.42. The summed E-state index contributed by atoms with van der Waals surface area (Å²) in [6.07, 6.45) is 0.215. The SMILES string of the molecule is Cc1cc(CCS(=O)(=O)F)ccc1Br. The molecule has 0 spiro atoms. The summed E-state index contributed by atoms with van der Waals surface area (Å²) in [7, 11) is -4.36. The van der Waals surface area contributed by atoms with Gasteiger partial charge in [0.25, 0.3) is 0 Å². The highest BCUT2D eigenvalue weighted by molar-refractivity contribution is 9.10. The number of benzene rings is 1. The molecule has 5 heteroatoms. The van der Waals surface area contributed by atoms with E-state index in [0.717, 1.165) is 15.6 Å². The Balaban J connectivity index is 2.74. The Morgan fingerprint density at radius 3 is 2.57 bits per heavy atom. The lowest BCUT2D eigenvalue weighted by atomic mass is 10.1. The van der Waals surface area contributed by atoms with Crippen molar-refractivity contribution >= 4 is 26.2 Å². The molecule has 1 rings (SSSR count). The number of hydrogen-bond acceptors (Lipinski definition) is 2. The molecule has 0 saturated heterocycles. The van der Waals surface area contributed by atoms with Gasteiger partial charge in [-0.2, -0.15) is 8.42 Å². The molecule has 0 saturated carbocycles. The van der Waals surface area contributed by atoms with Gasteiger partial charge in [-0.05, 0) is 30.5 Å². The lowest BCUT2D eigenvalue weighted by molar-refractivity contribution is 0.551. The van der Waals surface area contributed by atoms with E-state index in [-0.39, 0.29) is 6.42 Å². The molecule has 0 amide bonds. The highest BCUT2D eigenvalue weighted by atomic mass is 79.9. The van der Waals surface area contributed by atoms with Crippen molar-refractivity contribution in [3.8, 4) is 0 Å². The molecule has 0 aliphatic rings. The van der Waals surface area contributed by atoms with Crippen LogP contribution in [-0.2, 0) is 16.6 Å². The maximum atomic E-state index is 12.2. The van der Waals surface area contributed by atoms with E-state index in [1.807, 2.05) is 19.1 Å². The predicted molar refractivity (Wildman–Crippen MR) is 57.5 cm³/mol. The van der Waals surface area contributed by atoms with Gasteiger partial charge < -0.3 is 0 Å². The second kappa shape index (κ2) is 4.40. The maximum Gasteiger partial charge on any atom is 0.302 e. The fourth-order valence-electron chi connectivity index (χ4n) is 1.10. The topological polar surface area (TPSA) is 34.1 Å². The van der Waals surface area contributed by atoms with Crippen molar-refractivity contribution in [2.75, 3.05) is 5.75 Å². The van der Waals surface area contributed by atoms with Crippen LogP contribution >= 0.6 is 15.9 Å². The fraction of sp³-hybridized carbons (Fsp3) is 0.333. The molecule has 0 aliphatic heterocycles. The van der Waals surface area contributed by atoms with Gasteiger partial charge in [-0.25, -0.2) is 0 Å². The molecule has 0 aromatic heterocycles. The Morgan fingerprint density at radius 2 is 2.07 bits per heavy atom. The van der Waals surface area contributed by atoms with Gasteiger partial charge in [0.05, 0.1) is 5.75 Å². The molecule has 14 heavy (non-hydrogen) atoms. The van der Waals surface area contributed by atoms with Gasteiger partial charge in [0.1, 0.15) is 0 Å². The lowest BCUT2D eigenvalue weighted by Crippen LogP contribution is -2.02. The number of halogens is 2. The van der Waals surface area contributed by atoms with E-state index in [1.54, 1.807) is 6.07 Å². The first-order chi connectivity index (χ1) is 6.38. The Bertz CT molecular complexity index is 428. The second-order valence-electron chi connectivity index (χ2n) is 3.08. The van der Waals surface area contributed by atoms with Gasteiger partial charge in [0.15, 0.2) is 0 Å². The van der Waals surface area contributed by atoms with E-state index < -0.39 is 16.0 Å². The van der Waals surface area contributed by atoms with Crippen LogP contribution in [0.4, 0.5) is 3.89 Å². The molecular weight excluding hydrogens is 271 g/mol. The van der Waals surface area contributed by atoms with Gasteiger partial charge in [-0.15, -0.1) is 3.89 Å². The smallest absolute Gasteiger partial charge is 0.195 e. The van der Waals surface area contributed by atoms with Gasteiger partial charge in [-0.1, -0.05) is 28.1 Å². The Morgan fingerprint density at radius 1 is 1.43 bits per heavy atom. The number of rotatable bonds is 3. The third-order valence-electron chi connectivity index (χ3n) is 1.86. The molecule has 0 aliphatic carbocycles. The summed E-state index contributed by atoms with van der Waals surface area (Å²) in [6.45, 7) is 1.90. The quantitative estimate of drug-likeness (QED) is 0.798. The molecule has 0 radical (unpaired) electrons. The van der Waals surface area contributed by atoms with Crippen LogP contribution < -0.4 is 0 Å². The summed E-state index contributed by atoms with van der Waals surface area (Å²) < 4.78 is 33.7. The largest absolute Gasteiger partial charge is 0.302 e. The minimum absolute atomic E-state index is 0.215. The van der Waals surface area contributed by atoms with E-state index in [9.17, 15) is 12.3 Å². The average molecular weight is 281 g/mol. The molecule has 0 fully saturated rings. The zero-order valence-electron chi connectivity index (χ0n) is 7.63. The van der Waals surface area contributed by atoms with E-state index in [0.29, 0.717) is 0 Å². The molecule has 1 aromatic rings. The van der Waals surface area contributed by atoms with Crippen molar-refractivity contribution in [3.63, 3.8) is 0 Å². The van der Waals surface area contributed by atoms with Gasteiger partial charge >= 0.3 is 10.2 Å². The summed E-state index contributed by atoms with van der Waals surface area (Å²) in [6, 6.07) is 5.45. The monoisotopic (exact) mass is 280 g/mol. The molecule has 0 unspecified atom stereocenters. The zero-order valence-corrected chi connectivity index (χ0v) is 10.0. The van der Waals surface area contributed by atoms with Crippen LogP contribution in [0.1, 0.15) is 11.1 Å². The van der Waals surface area contributed by atoms with E-state index in [2.05, 4.69) is 15.9 Å². The first-order valence-electron chi connectivity index (χ1n) is 4.06. The van der Waals surface area contributed by atoms with Crippen LogP contribution in [0.2, 0.25) is 0 Å². The maximum absolute atomic E-state index is 12.2. The van der Waals surface area contributed by atoms with E-state index in [4.69, 9.17) is 0 Å². The summed E-state index contributed by atoms with van der Waals surface area (Å²) >= 11 is 3.33. The first-order valence-corrected chi connectivity index (χ1v) is 6.40. The van der Waals surface area contributed by atoms with E-state index >= 15 is 0 Å². The van der Waals surface area contributed by atoms with Crippen LogP contribution in [0.5, 0.6) is 0 Å². The number of hydrogen-bond donors (Lipinski definition) is 0. The highest BCUT2D eigenvalue weighted by Gasteiger charge is 2.07. The minimum Gasteiger partial charge on any atom is -0.195 e. The molecule has 1 aromatic carbocycles. The summed E-state index contributed by atoms with van der Waals surface area (Å²) in [4.78, 5) is 0. The van der Waals surface area contributed by atoms with Gasteiger partial charge in [0.2, 0.25) is 0 Å². The molecule has 0 bridgehead atoms. The third-order valence-corrected chi connectivity index (χ3v) is 3.44. The average Bonchev–Trinajstić information content (AvgIpc) is 2.06.